The molecule has 0 aromatic heterocycles. The Morgan fingerprint density at radius 2 is 1.71 bits per heavy atom. The predicted octanol–water partition coefficient (Wildman–Crippen LogP) is 3.28. The van der Waals surface area contributed by atoms with E-state index in [2.05, 4.69) is 12.1 Å². The van der Waals surface area contributed by atoms with Gasteiger partial charge in [-0.2, -0.15) is 11.8 Å². The van der Waals surface area contributed by atoms with Gasteiger partial charge in [-0.05, 0) is 36.3 Å². The van der Waals surface area contributed by atoms with Crippen LogP contribution in [0.4, 0.5) is 0 Å². The quantitative estimate of drug-likeness (QED) is 0.824. The highest BCUT2D eigenvalue weighted by molar-refractivity contribution is 7.99. The molecule has 1 unspecified atom stereocenters. The first-order chi connectivity index (χ1) is 8.30. The van der Waals surface area contributed by atoms with Crippen molar-refractivity contribution in [3.8, 4) is 17.2 Å². The van der Waals surface area contributed by atoms with Gasteiger partial charge in [0, 0.05) is 5.25 Å². The number of hydrogen-bond acceptors (Lipinski definition) is 4. The number of ether oxygens (including phenoxy) is 3. The molecule has 1 aromatic rings. The van der Waals surface area contributed by atoms with Gasteiger partial charge in [-0.3, -0.25) is 0 Å². The zero-order valence-corrected chi connectivity index (χ0v) is 11.3. The van der Waals surface area contributed by atoms with Gasteiger partial charge < -0.3 is 14.2 Å². The topological polar surface area (TPSA) is 27.7 Å². The van der Waals surface area contributed by atoms with Gasteiger partial charge in [0.15, 0.2) is 11.5 Å². The third-order valence-corrected chi connectivity index (χ3v) is 4.42. The van der Waals surface area contributed by atoms with Gasteiger partial charge in [-0.15, -0.1) is 0 Å². The van der Waals surface area contributed by atoms with E-state index in [1.54, 1.807) is 21.3 Å². The van der Waals surface area contributed by atoms with Crippen molar-refractivity contribution >= 4 is 11.8 Å². The van der Waals surface area contributed by atoms with E-state index in [1.807, 2.05) is 11.8 Å². The number of benzene rings is 1. The molecule has 0 radical (unpaired) electrons. The van der Waals surface area contributed by atoms with Crippen LogP contribution in [-0.4, -0.2) is 27.1 Å². The molecule has 1 atom stereocenters. The van der Waals surface area contributed by atoms with Gasteiger partial charge in [0.05, 0.1) is 21.3 Å². The van der Waals surface area contributed by atoms with E-state index in [9.17, 15) is 0 Å². The number of methoxy groups -OCH3 is 3. The first-order valence-corrected chi connectivity index (χ1v) is 6.76. The summed E-state index contributed by atoms with van der Waals surface area (Å²) in [6, 6.07) is 4.12. The fourth-order valence-corrected chi connectivity index (χ4v) is 3.41. The zero-order chi connectivity index (χ0) is 12.3. The Kier molecular flexibility index (Phi) is 4.05. The van der Waals surface area contributed by atoms with Crippen LogP contribution in [0.2, 0.25) is 0 Å². The maximum atomic E-state index is 5.36. The molecule has 94 valence electrons. The average molecular weight is 254 g/mol. The van der Waals surface area contributed by atoms with E-state index in [0.29, 0.717) is 11.0 Å². The van der Waals surface area contributed by atoms with Gasteiger partial charge in [-0.25, -0.2) is 0 Å². The summed E-state index contributed by atoms with van der Waals surface area (Å²) in [6.07, 6.45) is 2.51. The molecule has 1 aliphatic rings. The molecular formula is C13H18O3S. The third-order valence-electron chi connectivity index (χ3n) is 2.99. The maximum absolute atomic E-state index is 5.36. The van der Waals surface area contributed by atoms with E-state index in [-0.39, 0.29) is 0 Å². The summed E-state index contributed by atoms with van der Waals surface area (Å²) >= 11 is 2.00. The Morgan fingerprint density at radius 3 is 2.12 bits per heavy atom. The molecule has 0 bridgehead atoms. The Bertz CT molecular complexity index is 361. The first-order valence-electron chi connectivity index (χ1n) is 5.71. The monoisotopic (exact) mass is 254 g/mol. The summed E-state index contributed by atoms with van der Waals surface area (Å²) in [5.74, 6) is 3.40. The van der Waals surface area contributed by atoms with Crippen LogP contribution in [0.3, 0.4) is 0 Å². The molecule has 0 aliphatic carbocycles. The molecule has 17 heavy (non-hydrogen) atoms. The molecule has 4 heteroatoms. The molecular weight excluding hydrogens is 236 g/mol. The highest BCUT2D eigenvalue weighted by Gasteiger charge is 2.21. The average Bonchev–Trinajstić information content (AvgIpc) is 2.90. The van der Waals surface area contributed by atoms with E-state index < -0.39 is 0 Å². The van der Waals surface area contributed by atoms with Crippen LogP contribution < -0.4 is 14.2 Å². The molecule has 0 amide bonds. The van der Waals surface area contributed by atoms with Crippen molar-refractivity contribution in [2.45, 2.75) is 18.1 Å². The standard InChI is InChI=1S/C13H18O3S/c1-14-10-7-9(12-5-4-6-17-12)8-11(15-2)13(10)16-3/h7-8,12H,4-6H2,1-3H3. The molecule has 1 saturated heterocycles. The molecule has 1 aliphatic heterocycles. The van der Waals surface area contributed by atoms with E-state index in [4.69, 9.17) is 14.2 Å². The van der Waals surface area contributed by atoms with Crippen LogP contribution in [0.5, 0.6) is 17.2 Å². The summed E-state index contributed by atoms with van der Waals surface area (Å²) in [4.78, 5) is 0. The lowest BCUT2D eigenvalue weighted by molar-refractivity contribution is 0.323. The van der Waals surface area contributed by atoms with E-state index in [0.717, 1.165) is 11.5 Å². The van der Waals surface area contributed by atoms with Crippen molar-refractivity contribution in [2.24, 2.45) is 0 Å². The molecule has 0 N–H and O–H groups in total. The molecule has 3 nitrogen and oxygen atoms in total. The van der Waals surface area contributed by atoms with Crippen molar-refractivity contribution in [3.63, 3.8) is 0 Å². The second-order valence-electron chi connectivity index (χ2n) is 3.96. The van der Waals surface area contributed by atoms with Crippen molar-refractivity contribution < 1.29 is 14.2 Å². The van der Waals surface area contributed by atoms with Crippen LogP contribution in [0.25, 0.3) is 0 Å². The molecule has 1 heterocycles. The fourth-order valence-electron chi connectivity index (χ4n) is 2.13. The molecule has 1 fully saturated rings. The Hall–Kier alpha value is -1.03. The molecule has 2 rings (SSSR count). The number of rotatable bonds is 4. The van der Waals surface area contributed by atoms with Gasteiger partial charge in [0.25, 0.3) is 0 Å². The summed E-state index contributed by atoms with van der Waals surface area (Å²) in [5, 5.41) is 0.559. The highest BCUT2D eigenvalue weighted by Crippen LogP contribution is 2.46. The van der Waals surface area contributed by atoms with Gasteiger partial charge in [0.1, 0.15) is 0 Å². The molecule has 0 spiro atoms. The lowest BCUT2D eigenvalue weighted by Crippen LogP contribution is -1.98. The fraction of sp³-hybridized carbons (Fsp3) is 0.538. The van der Waals surface area contributed by atoms with Crippen LogP contribution in [0.15, 0.2) is 12.1 Å². The smallest absolute Gasteiger partial charge is 0.203 e. The van der Waals surface area contributed by atoms with Crippen molar-refractivity contribution in [1.29, 1.82) is 0 Å². The Morgan fingerprint density at radius 1 is 1.06 bits per heavy atom. The van der Waals surface area contributed by atoms with Crippen molar-refractivity contribution in [1.82, 2.24) is 0 Å². The van der Waals surface area contributed by atoms with E-state index in [1.165, 1.54) is 24.2 Å². The van der Waals surface area contributed by atoms with Crippen LogP contribution in [0.1, 0.15) is 23.7 Å². The predicted molar refractivity (Wildman–Crippen MR) is 70.5 cm³/mol. The lowest BCUT2D eigenvalue weighted by Gasteiger charge is -2.16. The second kappa shape index (κ2) is 5.54. The minimum atomic E-state index is 0.559. The molecule has 1 aromatic carbocycles. The maximum Gasteiger partial charge on any atom is 0.203 e. The Balaban J connectivity index is 2.40. The lowest BCUT2D eigenvalue weighted by atomic mass is 10.1. The summed E-state index contributed by atoms with van der Waals surface area (Å²) < 4.78 is 16.0. The number of hydrogen-bond donors (Lipinski definition) is 0. The van der Waals surface area contributed by atoms with Gasteiger partial charge in [-0.1, -0.05) is 0 Å². The van der Waals surface area contributed by atoms with E-state index >= 15 is 0 Å². The van der Waals surface area contributed by atoms with Gasteiger partial charge >= 0.3 is 0 Å². The molecule has 0 saturated carbocycles. The van der Waals surface area contributed by atoms with Crippen LogP contribution in [-0.2, 0) is 0 Å². The van der Waals surface area contributed by atoms with Gasteiger partial charge in [0.2, 0.25) is 5.75 Å². The summed E-state index contributed by atoms with van der Waals surface area (Å²) in [5.41, 5.74) is 1.27. The first kappa shape index (κ1) is 12.4. The minimum absolute atomic E-state index is 0.559. The number of thioether (sulfide) groups is 1. The minimum Gasteiger partial charge on any atom is -0.493 e. The summed E-state index contributed by atoms with van der Waals surface area (Å²) in [7, 11) is 4.94. The van der Waals surface area contributed by atoms with Crippen molar-refractivity contribution in [2.75, 3.05) is 27.1 Å². The third kappa shape index (κ3) is 2.46. The van der Waals surface area contributed by atoms with Crippen LogP contribution in [0, 0.1) is 0 Å². The zero-order valence-electron chi connectivity index (χ0n) is 10.5. The highest BCUT2D eigenvalue weighted by atomic mass is 32.2. The van der Waals surface area contributed by atoms with Crippen LogP contribution >= 0.6 is 11.8 Å². The summed E-state index contributed by atoms with van der Waals surface area (Å²) in [6.45, 7) is 0. The van der Waals surface area contributed by atoms with Crippen molar-refractivity contribution in [3.05, 3.63) is 17.7 Å². The second-order valence-corrected chi connectivity index (χ2v) is 5.27. The Labute approximate surface area is 106 Å². The largest absolute Gasteiger partial charge is 0.493 e. The SMILES string of the molecule is COc1cc(C2CCCS2)cc(OC)c1OC. The normalized spacial score (nSPS) is 19.1.